The van der Waals surface area contributed by atoms with Crippen molar-refractivity contribution in [3.8, 4) is 0 Å². The van der Waals surface area contributed by atoms with Gasteiger partial charge in [-0.25, -0.2) is 4.98 Å². The summed E-state index contributed by atoms with van der Waals surface area (Å²) in [6.45, 7) is 2.50. The zero-order valence-electron chi connectivity index (χ0n) is 9.71. The molecule has 0 spiro atoms. The summed E-state index contributed by atoms with van der Waals surface area (Å²) in [6.07, 6.45) is 1.97. The third-order valence-corrected chi connectivity index (χ3v) is 4.44. The van der Waals surface area contributed by atoms with Crippen LogP contribution in [0.3, 0.4) is 0 Å². The number of nitrogens with one attached hydrogen (secondary N) is 1. The molecule has 3 heterocycles. The molecule has 0 saturated carbocycles. The van der Waals surface area contributed by atoms with Crippen LogP contribution in [-0.4, -0.2) is 15.3 Å². The third-order valence-electron chi connectivity index (χ3n) is 2.61. The minimum absolute atomic E-state index is 0.0434. The predicted octanol–water partition coefficient (Wildman–Crippen LogP) is 2.70. The minimum atomic E-state index is -0.0434. The lowest BCUT2D eigenvalue weighted by atomic mass is 10.4. The Morgan fingerprint density at radius 3 is 3.11 bits per heavy atom. The van der Waals surface area contributed by atoms with Gasteiger partial charge in [-0.05, 0) is 18.4 Å². The maximum Gasteiger partial charge on any atom is 0.261 e. The van der Waals surface area contributed by atoms with Crippen LogP contribution in [-0.2, 0) is 6.54 Å². The molecule has 0 aromatic carbocycles. The molecule has 3 aromatic heterocycles. The maximum absolute atomic E-state index is 11.8. The van der Waals surface area contributed by atoms with Crippen LogP contribution in [0.1, 0.15) is 21.1 Å². The van der Waals surface area contributed by atoms with E-state index in [1.54, 1.807) is 11.3 Å². The summed E-state index contributed by atoms with van der Waals surface area (Å²) < 4.78 is 2.04. The topological polar surface area (TPSA) is 46.4 Å². The van der Waals surface area contributed by atoms with Crippen LogP contribution in [0.2, 0.25) is 0 Å². The number of aromatic nitrogens is 2. The standard InChI is InChI=1S/C12H11N3OS2/c1-8-7-18-12-14-9(6-15(8)12)5-13-11(16)10-3-2-4-17-10/h2-4,6-7H,5H2,1H3,(H,13,16). The van der Waals surface area contributed by atoms with Gasteiger partial charge in [0.1, 0.15) is 0 Å². The summed E-state index contributed by atoms with van der Waals surface area (Å²) in [6, 6.07) is 3.69. The van der Waals surface area contributed by atoms with Gasteiger partial charge >= 0.3 is 0 Å². The summed E-state index contributed by atoms with van der Waals surface area (Å²) >= 11 is 3.05. The number of thiazole rings is 1. The van der Waals surface area contributed by atoms with E-state index in [0.717, 1.165) is 15.5 Å². The lowest BCUT2D eigenvalue weighted by Gasteiger charge is -1.99. The van der Waals surface area contributed by atoms with E-state index in [9.17, 15) is 4.79 Å². The van der Waals surface area contributed by atoms with Crippen LogP contribution in [0.25, 0.3) is 4.96 Å². The van der Waals surface area contributed by atoms with E-state index in [-0.39, 0.29) is 5.91 Å². The highest BCUT2D eigenvalue weighted by molar-refractivity contribution is 7.15. The Morgan fingerprint density at radius 1 is 1.50 bits per heavy atom. The molecule has 0 aliphatic rings. The van der Waals surface area contributed by atoms with Crippen LogP contribution in [0.15, 0.2) is 29.1 Å². The van der Waals surface area contributed by atoms with Crippen molar-refractivity contribution in [3.05, 3.63) is 45.4 Å². The quantitative estimate of drug-likeness (QED) is 0.800. The van der Waals surface area contributed by atoms with Gasteiger partial charge in [0.15, 0.2) is 4.96 Å². The van der Waals surface area contributed by atoms with Gasteiger partial charge in [0, 0.05) is 17.3 Å². The molecule has 0 fully saturated rings. The van der Waals surface area contributed by atoms with E-state index in [1.807, 2.05) is 35.0 Å². The van der Waals surface area contributed by atoms with E-state index >= 15 is 0 Å². The molecule has 0 radical (unpaired) electrons. The summed E-state index contributed by atoms with van der Waals surface area (Å²) in [7, 11) is 0. The van der Waals surface area contributed by atoms with Gasteiger partial charge in [0.25, 0.3) is 5.91 Å². The molecule has 0 aliphatic heterocycles. The minimum Gasteiger partial charge on any atom is -0.346 e. The summed E-state index contributed by atoms with van der Waals surface area (Å²) in [4.78, 5) is 17.9. The molecular formula is C12H11N3OS2. The molecule has 4 nitrogen and oxygen atoms in total. The van der Waals surface area contributed by atoms with Crippen molar-refractivity contribution in [2.24, 2.45) is 0 Å². The van der Waals surface area contributed by atoms with E-state index in [2.05, 4.69) is 15.7 Å². The van der Waals surface area contributed by atoms with E-state index < -0.39 is 0 Å². The number of fused-ring (bicyclic) bond motifs is 1. The molecule has 0 unspecified atom stereocenters. The van der Waals surface area contributed by atoms with Gasteiger partial charge < -0.3 is 5.32 Å². The Bertz CT molecular complexity index is 681. The second-order valence-corrected chi connectivity index (χ2v) is 5.71. The van der Waals surface area contributed by atoms with Crippen molar-refractivity contribution in [2.45, 2.75) is 13.5 Å². The molecule has 18 heavy (non-hydrogen) atoms. The van der Waals surface area contributed by atoms with Crippen molar-refractivity contribution in [3.63, 3.8) is 0 Å². The number of imidazole rings is 1. The smallest absolute Gasteiger partial charge is 0.261 e. The fourth-order valence-corrected chi connectivity index (χ4v) is 3.20. The highest BCUT2D eigenvalue weighted by atomic mass is 32.1. The number of carbonyl (C=O) groups is 1. The Morgan fingerprint density at radius 2 is 2.39 bits per heavy atom. The Balaban J connectivity index is 1.71. The van der Waals surface area contributed by atoms with Crippen LogP contribution in [0.4, 0.5) is 0 Å². The Kier molecular flexibility index (Phi) is 2.89. The number of thiophene rings is 1. The number of hydrogen-bond donors (Lipinski definition) is 1. The van der Waals surface area contributed by atoms with Crippen LogP contribution >= 0.6 is 22.7 Å². The lowest BCUT2D eigenvalue weighted by molar-refractivity contribution is 0.0954. The second kappa shape index (κ2) is 4.55. The summed E-state index contributed by atoms with van der Waals surface area (Å²) in [5, 5.41) is 6.83. The first-order valence-electron chi connectivity index (χ1n) is 5.48. The Hall–Kier alpha value is -1.66. The second-order valence-electron chi connectivity index (χ2n) is 3.92. The van der Waals surface area contributed by atoms with Gasteiger partial charge in [-0.2, -0.15) is 0 Å². The number of hydrogen-bond acceptors (Lipinski definition) is 4. The zero-order valence-corrected chi connectivity index (χ0v) is 11.3. The molecule has 0 bridgehead atoms. The zero-order chi connectivity index (χ0) is 12.5. The molecule has 1 N–H and O–H groups in total. The van der Waals surface area contributed by atoms with Crippen molar-refractivity contribution < 1.29 is 4.79 Å². The van der Waals surface area contributed by atoms with Gasteiger partial charge in [-0.1, -0.05) is 6.07 Å². The number of rotatable bonds is 3. The first kappa shape index (κ1) is 11.4. The maximum atomic E-state index is 11.8. The fraction of sp³-hybridized carbons (Fsp3) is 0.167. The van der Waals surface area contributed by atoms with Crippen LogP contribution in [0, 0.1) is 6.92 Å². The first-order chi connectivity index (χ1) is 8.74. The Labute approximate surface area is 112 Å². The third kappa shape index (κ3) is 2.04. The number of carbonyl (C=O) groups excluding carboxylic acids is 1. The number of amides is 1. The molecule has 0 aliphatic carbocycles. The number of aryl methyl sites for hydroxylation is 1. The largest absolute Gasteiger partial charge is 0.346 e. The van der Waals surface area contributed by atoms with Crippen molar-refractivity contribution in [1.29, 1.82) is 0 Å². The van der Waals surface area contributed by atoms with Crippen molar-refractivity contribution >= 4 is 33.5 Å². The average Bonchev–Trinajstić information content (AvgIpc) is 3.05. The number of nitrogens with zero attached hydrogens (tertiary/aromatic N) is 2. The lowest BCUT2D eigenvalue weighted by Crippen LogP contribution is -2.21. The molecular weight excluding hydrogens is 266 g/mol. The van der Waals surface area contributed by atoms with E-state index in [1.165, 1.54) is 17.0 Å². The molecule has 92 valence electrons. The summed E-state index contributed by atoms with van der Waals surface area (Å²) in [5.74, 6) is -0.0434. The molecule has 0 atom stereocenters. The van der Waals surface area contributed by atoms with Gasteiger partial charge in [0.2, 0.25) is 0 Å². The molecule has 6 heteroatoms. The van der Waals surface area contributed by atoms with Crippen molar-refractivity contribution in [1.82, 2.24) is 14.7 Å². The molecule has 0 saturated heterocycles. The van der Waals surface area contributed by atoms with Gasteiger partial charge in [0.05, 0.1) is 17.1 Å². The van der Waals surface area contributed by atoms with Gasteiger partial charge in [-0.3, -0.25) is 9.20 Å². The molecule has 3 aromatic rings. The van der Waals surface area contributed by atoms with Gasteiger partial charge in [-0.15, -0.1) is 22.7 Å². The van der Waals surface area contributed by atoms with Crippen molar-refractivity contribution in [2.75, 3.05) is 0 Å². The normalized spacial score (nSPS) is 10.9. The van der Waals surface area contributed by atoms with Crippen LogP contribution in [0.5, 0.6) is 0 Å². The fourth-order valence-electron chi connectivity index (χ4n) is 1.69. The van der Waals surface area contributed by atoms with Crippen LogP contribution < -0.4 is 5.32 Å². The monoisotopic (exact) mass is 277 g/mol. The SMILES string of the molecule is Cc1csc2nc(CNC(=O)c3cccs3)cn12. The highest BCUT2D eigenvalue weighted by Crippen LogP contribution is 2.16. The molecule has 1 amide bonds. The predicted molar refractivity (Wildman–Crippen MR) is 73.3 cm³/mol. The molecule has 3 rings (SSSR count). The first-order valence-corrected chi connectivity index (χ1v) is 7.24. The highest BCUT2D eigenvalue weighted by Gasteiger charge is 2.09. The summed E-state index contributed by atoms with van der Waals surface area (Å²) in [5.41, 5.74) is 2.05. The van der Waals surface area contributed by atoms with E-state index in [4.69, 9.17) is 0 Å². The average molecular weight is 277 g/mol. The van der Waals surface area contributed by atoms with E-state index in [0.29, 0.717) is 6.54 Å².